The third-order valence-corrected chi connectivity index (χ3v) is 2.26. The molecule has 0 aromatic carbocycles. The summed E-state index contributed by atoms with van der Waals surface area (Å²) in [6, 6.07) is -0.00700. The lowest BCUT2D eigenvalue weighted by Gasteiger charge is -2.22. The van der Waals surface area contributed by atoms with Crippen molar-refractivity contribution in [3.8, 4) is 0 Å². The predicted octanol–water partition coefficient (Wildman–Crippen LogP) is -0.373. The van der Waals surface area contributed by atoms with Crippen molar-refractivity contribution in [3.05, 3.63) is 0 Å². The smallest absolute Gasteiger partial charge is 0.237 e. The molecule has 1 heterocycles. The van der Waals surface area contributed by atoms with Crippen LogP contribution in [0.15, 0.2) is 0 Å². The summed E-state index contributed by atoms with van der Waals surface area (Å²) in [7, 11) is 0. The van der Waals surface area contributed by atoms with Gasteiger partial charge >= 0.3 is 0 Å². The number of carbonyl (C=O) groups is 1. The molecule has 0 spiro atoms. The molecule has 1 rings (SSSR count). The van der Waals surface area contributed by atoms with E-state index in [1.165, 1.54) is 6.42 Å². The van der Waals surface area contributed by atoms with Crippen molar-refractivity contribution in [2.45, 2.75) is 31.7 Å². The fourth-order valence-corrected chi connectivity index (χ4v) is 1.49. The Bertz CT molecular complexity index is 156. The van der Waals surface area contributed by atoms with E-state index >= 15 is 0 Å². The Morgan fingerprint density at radius 1 is 1.54 bits per heavy atom. The molecule has 1 aliphatic heterocycles. The van der Waals surface area contributed by atoms with Gasteiger partial charge in [-0.1, -0.05) is 6.42 Å². The average molecular weight is 186 g/mol. The second-order valence-corrected chi connectivity index (χ2v) is 3.37. The zero-order valence-electron chi connectivity index (χ0n) is 7.88. The van der Waals surface area contributed by atoms with Crippen LogP contribution in [0.2, 0.25) is 0 Å². The predicted molar refractivity (Wildman–Crippen MR) is 50.4 cm³/mol. The lowest BCUT2D eigenvalue weighted by atomic mass is 10.0. The molecular weight excluding hydrogens is 168 g/mol. The van der Waals surface area contributed by atoms with E-state index in [9.17, 15) is 4.79 Å². The molecule has 0 aromatic rings. The molecule has 1 fully saturated rings. The molecule has 0 aromatic heterocycles. The molecule has 1 unspecified atom stereocenters. The van der Waals surface area contributed by atoms with Crippen LogP contribution < -0.4 is 10.6 Å². The van der Waals surface area contributed by atoms with Gasteiger partial charge in [-0.15, -0.1) is 0 Å². The Kier molecular flexibility index (Phi) is 4.78. The molecule has 13 heavy (non-hydrogen) atoms. The second kappa shape index (κ2) is 5.94. The minimum Gasteiger partial charge on any atom is -0.396 e. The largest absolute Gasteiger partial charge is 0.396 e. The highest BCUT2D eigenvalue weighted by atomic mass is 16.3. The third-order valence-electron chi connectivity index (χ3n) is 2.26. The Morgan fingerprint density at radius 2 is 2.38 bits per heavy atom. The van der Waals surface area contributed by atoms with E-state index < -0.39 is 0 Å². The van der Waals surface area contributed by atoms with E-state index in [0.29, 0.717) is 13.0 Å². The summed E-state index contributed by atoms with van der Waals surface area (Å²) < 4.78 is 0. The fourth-order valence-electron chi connectivity index (χ4n) is 1.49. The number of aliphatic hydroxyl groups excluding tert-OH is 1. The molecule has 0 bridgehead atoms. The van der Waals surface area contributed by atoms with Crippen molar-refractivity contribution in [2.24, 2.45) is 0 Å². The molecule has 1 saturated heterocycles. The van der Waals surface area contributed by atoms with Gasteiger partial charge in [0, 0.05) is 13.2 Å². The van der Waals surface area contributed by atoms with Gasteiger partial charge in [0.15, 0.2) is 0 Å². The summed E-state index contributed by atoms with van der Waals surface area (Å²) in [5.41, 5.74) is 0. The van der Waals surface area contributed by atoms with Gasteiger partial charge < -0.3 is 15.7 Å². The average Bonchev–Trinajstić information content (AvgIpc) is 2.19. The molecule has 0 radical (unpaired) electrons. The zero-order valence-corrected chi connectivity index (χ0v) is 7.88. The molecule has 0 saturated carbocycles. The molecule has 1 amide bonds. The Labute approximate surface area is 78.7 Å². The van der Waals surface area contributed by atoms with Crippen LogP contribution in [0.4, 0.5) is 0 Å². The SMILES string of the molecule is O=C(NCCCO)C1CCCCN1. The maximum Gasteiger partial charge on any atom is 0.237 e. The quantitative estimate of drug-likeness (QED) is 0.525. The van der Waals surface area contributed by atoms with Crippen molar-refractivity contribution in [1.29, 1.82) is 0 Å². The first kappa shape index (κ1) is 10.5. The minimum atomic E-state index is -0.00700. The first-order valence-electron chi connectivity index (χ1n) is 4.96. The van der Waals surface area contributed by atoms with Crippen molar-refractivity contribution >= 4 is 5.91 Å². The number of piperidine rings is 1. The van der Waals surface area contributed by atoms with Gasteiger partial charge in [-0.05, 0) is 25.8 Å². The third kappa shape index (κ3) is 3.74. The standard InChI is InChI=1S/C9H18N2O2/c12-7-3-6-11-9(13)8-4-1-2-5-10-8/h8,10,12H,1-7H2,(H,11,13). The lowest BCUT2D eigenvalue weighted by molar-refractivity contribution is -0.123. The van der Waals surface area contributed by atoms with Crippen molar-refractivity contribution < 1.29 is 9.90 Å². The second-order valence-electron chi connectivity index (χ2n) is 3.37. The maximum absolute atomic E-state index is 11.4. The molecule has 0 aliphatic carbocycles. The van der Waals surface area contributed by atoms with Gasteiger partial charge in [0.2, 0.25) is 5.91 Å². The van der Waals surface area contributed by atoms with E-state index in [2.05, 4.69) is 10.6 Å². The number of nitrogens with one attached hydrogen (secondary N) is 2. The van der Waals surface area contributed by atoms with Crippen LogP contribution in [0.1, 0.15) is 25.7 Å². The summed E-state index contributed by atoms with van der Waals surface area (Å²) in [5.74, 6) is 0.0770. The maximum atomic E-state index is 11.4. The van der Waals surface area contributed by atoms with E-state index in [1.54, 1.807) is 0 Å². The van der Waals surface area contributed by atoms with Gasteiger partial charge in [-0.2, -0.15) is 0 Å². The van der Waals surface area contributed by atoms with Crippen molar-refractivity contribution in [3.63, 3.8) is 0 Å². The van der Waals surface area contributed by atoms with E-state index in [-0.39, 0.29) is 18.6 Å². The van der Waals surface area contributed by atoms with Crippen LogP contribution in [0, 0.1) is 0 Å². The molecule has 1 atom stereocenters. The first-order valence-corrected chi connectivity index (χ1v) is 4.96. The summed E-state index contributed by atoms with van der Waals surface area (Å²) in [6.45, 7) is 1.66. The fraction of sp³-hybridized carbons (Fsp3) is 0.889. The number of aliphatic hydroxyl groups is 1. The monoisotopic (exact) mass is 186 g/mol. The van der Waals surface area contributed by atoms with Gasteiger partial charge in [-0.3, -0.25) is 4.79 Å². The molecular formula is C9H18N2O2. The minimum absolute atomic E-state index is 0.00700. The number of amides is 1. The molecule has 1 aliphatic rings. The van der Waals surface area contributed by atoms with Crippen LogP contribution in [0.25, 0.3) is 0 Å². The summed E-state index contributed by atoms with van der Waals surface area (Å²) in [5, 5.41) is 14.5. The van der Waals surface area contributed by atoms with E-state index in [4.69, 9.17) is 5.11 Å². The summed E-state index contributed by atoms with van der Waals surface area (Å²) in [4.78, 5) is 11.4. The van der Waals surface area contributed by atoms with Gasteiger partial charge in [0.25, 0.3) is 0 Å². The molecule has 4 nitrogen and oxygen atoms in total. The Balaban J connectivity index is 2.13. The normalized spacial score (nSPS) is 22.7. The topological polar surface area (TPSA) is 61.4 Å². The van der Waals surface area contributed by atoms with Crippen LogP contribution in [0.5, 0.6) is 0 Å². The van der Waals surface area contributed by atoms with Crippen molar-refractivity contribution in [2.75, 3.05) is 19.7 Å². The summed E-state index contributed by atoms with van der Waals surface area (Å²) in [6.07, 6.45) is 3.87. The highest BCUT2D eigenvalue weighted by molar-refractivity contribution is 5.81. The highest BCUT2D eigenvalue weighted by Crippen LogP contribution is 2.06. The molecule has 4 heteroatoms. The zero-order chi connectivity index (χ0) is 9.52. The summed E-state index contributed by atoms with van der Waals surface area (Å²) >= 11 is 0. The highest BCUT2D eigenvalue weighted by Gasteiger charge is 2.19. The van der Waals surface area contributed by atoms with Crippen LogP contribution in [-0.2, 0) is 4.79 Å². The van der Waals surface area contributed by atoms with Crippen LogP contribution >= 0.6 is 0 Å². The van der Waals surface area contributed by atoms with E-state index in [0.717, 1.165) is 19.4 Å². The lowest BCUT2D eigenvalue weighted by Crippen LogP contribution is -2.46. The Morgan fingerprint density at radius 3 is 3.00 bits per heavy atom. The van der Waals surface area contributed by atoms with Gasteiger partial charge in [0.1, 0.15) is 0 Å². The van der Waals surface area contributed by atoms with Gasteiger partial charge in [0.05, 0.1) is 6.04 Å². The Hall–Kier alpha value is -0.610. The van der Waals surface area contributed by atoms with Crippen LogP contribution in [0.3, 0.4) is 0 Å². The van der Waals surface area contributed by atoms with Crippen LogP contribution in [-0.4, -0.2) is 36.8 Å². The first-order chi connectivity index (χ1) is 6.34. The number of hydrogen-bond donors (Lipinski definition) is 3. The van der Waals surface area contributed by atoms with E-state index in [1.807, 2.05) is 0 Å². The number of carbonyl (C=O) groups excluding carboxylic acids is 1. The molecule has 3 N–H and O–H groups in total. The van der Waals surface area contributed by atoms with Gasteiger partial charge in [-0.25, -0.2) is 0 Å². The number of rotatable bonds is 4. The van der Waals surface area contributed by atoms with Crippen molar-refractivity contribution in [1.82, 2.24) is 10.6 Å². The molecule has 76 valence electrons. The number of hydrogen-bond acceptors (Lipinski definition) is 3.